The molecule has 2 aromatic heterocycles. The highest BCUT2D eigenvalue weighted by Crippen LogP contribution is 2.33. The number of esters is 1. The Kier molecular flexibility index (Phi) is 6.46. The fourth-order valence-corrected chi connectivity index (χ4v) is 4.04. The van der Waals surface area contributed by atoms with Crippen molar-refractivity contribution in [2.24, 2.45) is 0 Å². The first-order valence-electron chi connectivity index (χ1n) is 9.86. The third kappa shape index (κ3) is 4.62. The molecule has 0 bridgehead atoms. The van der Waals surface area contributed by atoms with Crippen molar-refractivity contribution < 1.29 is 19.0 Å². The Labute approximate surface area is 188 Å². The van der Waals surface area contributed by atoms with Crippen molar-refractivity contribution in [2.45, 2.75) is 19.6 Å². The minimum absolute atomic E-state index is 0.0843. The highest BCUT2D eigenvalue weighted by atomic mass is 32.1. The Bertz CT molecular complexity index is 1310. The van der Waals surface area contributed by atoms with E-state index in [-0.39, 0.29) is 24.4 Å². The Morgan fingerprint density at radius 1 is 1.09 bits per heavy atom. The van der Waals surface area contributed by atoms with Crippen LogP contribution in [0.1, 0.15) is 12.1 Å². The van der Waals surface area contributed by atoms with Gasteiger partial charge in [0.05, 0.1) is 44.6 Å². The van der Waals surface area contributed by atoms with Gasteiger partial charge in [0, 0.05) is 16.3 Å². The van der Waals surface area contributed by atoms with Gasteiger partial charge in [-0.3, -0.25) is 14.3 Å². The third-order valence-corrected chi connectivity index (χ3v) is 5.79. The minimum Gasteiger partial charge on any atom is -0.493 e. The van der Waals surface area contributed by atoms with Gasteiger partial charge < -0.3 is 14.2 Å². The van der Waals surface area contributed by atoms with Crippen LogP contribution in [0, 0.1) is 0 Å². The largest absolute Gasteiger partial charge is 0.493 e. The number of hydrogen-bond acceptors (Lipinski definition) is 8. The number of carbonyl (C=O) groups is 1. The van der Waals surface area contributed by atoms with Crippen molar-refractivity contribution in [1.82, 2.24) is 14.8 Å². The Hall–Kier alpha value is -3.72. The van der Waals surface area contributed by atoms with E-state index < -0.39 is 0 Å². The summed E-state index contributed by atoms with van der Waals surface area (Å²) in [5.74, 6) is 0.902. The van der Waals surface area contributed by atoms with Gasteiger partial charge in [0.2, 0.25) is 5.43 Å². The number of benzene rings is 2. The molecule has 0 saturated heterocycles. The molecule has 0 aliphatic rings. The van der Waals surface area contributed by atoms with Gasteiger partial charge in [0.15, 0.2) is 11.5 Å². The molecule has 0 unspecified atom stereocenters. The van der Waals surface area contributed by atoms with Crippen LogP contribution in [0.3, 0.4) is 0 Å². The van der Waals surface area contributed by atoms with Crippen molar-refractivity contribution in [3.63, 3.8) is 0 Å². The van der Waals surface area contributed by atoms with Crippen LogP contribution >= 0.6 is 11.3 Å². The predicted octanol–water partition coefficient (Wildman–Crippen LogP) is 3.67. The minimum atomic E-state index is -0.366. The molecule has 0 aliphatic heterocycles. The second kappa shape index (κ2) is 9.61. The van der Waals surface area contributed by atoms with E-state index in [1.165, 1.54) is 17.5 Å². The van der Waals surface area contributed by atoms with Crippen LogP contribution < -0.4 is 14.9 Å². The highest BCUT2D eigenvalue weighted by molar-refractivity contribution is 7.13. The Morgan fingerprint density at radius 2 is 1.91 bits per heavy atom. The molecule has 0 aliphatic carbocycles. The maximum absolute atomic E-state index is 12.2. The van der Waals surface area contributed by atoms with Crippen LogP contribution in [0.25, 0.3) is 21.5 Å². The Morgan fingerprint density at radius 3 is 2.72 bits per heavy atom. The van der Waals surface area contributed by atoms with E-state index in [2.05, 4.69) is 10.1 Å². The molecule has 0 saturated carbocycles. The molecule has 0 fully saturated rings. The molecule has 0 radical (unpaired) electrons. The molecule has 9 heteroatoms. The summed E-state index contributed by atoms with van der Waals surface area (Å²) in [5, 5.41) is 7.35. The molecule has 8 nitrogen and oxygen atoms in total. The standard InChI is InChI=1S/C23H21N3O5S/c1-29-20-8-7-15(11-21(20)30-2)23-25-16(14-32-23)13-31-22(28)9-10-26-18-6-4-3-5-17(18)19(27)12-24-26/h3-8,11-12,14H,9-10,13H2,1-2H3. The fraction of sp³-hybridized carbons (Fsp3) is 0.217. The van der Waals surface area contributed by atoms with Crippen LogP contribution in [0.15, 0.2) is 58.8 Å². The number of aromatic nitrogens is 3. The first-order chi connectivity index (χ1) is 15.6. The molecular formula is C23H21N3O5S. The fourth-order valence-electron chi connectivity index (χ4n) is 3.24. The number of para-hydroxylation sites is 1. The SMILES string of the molecule is COc1ccc(-c2nc(COC(=O)CCn3ncc(=O)c4ccccc43)cs2)cc1OC. The predicted molar refractivity (Wildman–Crippen MR) is 121 cm³/mol. The van der Waals surface area contributed by atoms with Gasteiger partial charge in [0.1, 0.15) is 11.6 Å². The molecule has 4 rings (SSSR count). The van der Waals surface area contributed by atoms with Gasteiger partial charge in [-0.05, 0) is 30.3 Å². The maximum Gasteiger partial charge on any atom is 0.308 e. The summed E-state index contributed by atoms with van der Waals surface area (Å²) >= 11 is 1.46. The lowest BCUT2D eigenvalue weighted by Gasteiger charge is -2.09. The number of thiazole rings is 1. The second-order valence-electron chi connectivity index (χ2n) is 6.87. The van der Waals surface area contributed by atoms with E-state index >= 15 is 0 Å². The van der Waals surface area contributed by atoms with Crippen molar-refractivity contribution in [1.29, 1.82) is 0 Å². The van der Waals surface area contributed by atoms with E-state index in [1.807, 2.05) is 29.6 Å². The lowest BCUT2D eigenvalue weighted by Crippen LogP contribution is -2.15. The lowest BCUT2D eigenvalue weighted by atomic mass is 10.2. The maximum atomic E-state index is 12.2. The van der Waals surface area contributed by atoms with Crippen molar-refractivity contribution >= 4 is 28.2 Å². The van der Waals surface area contributed by atoms with E-state index in [0.717, 1.165) is 10.6 Å². The van der Waals surface area contributed by atoms with E-state index in [1.54, 1.807) is 37.1 Å². The summed E-state index contributed by atoms with van der Waals surface area (Å²) in [6.45, 7) is 0.397. The molecule has 2 aromatic carbocycles. The van der Waals surface area contributed by atoms with Crippen LogP contribution in [0.4, 0.5) is 0 Å². The summed E-state index contributed by atoms with van der Waals surface area (Å²) < 4.78 is 17.6. The van der Waals surface area contributed by atoms with Gasteiger partial charge in [-0.2, -0.15) is 5.10 Å². The molecule has 0 amide bonds. The summed E-state index contributed by atoms with van der Waals surface area (Å²) in [5.41, 5.74) is 2.10. The number of aryl methyl sites for hydroxylation is 1. The highest BCUT2D eigenvalue weighted by Gasteiger charge is 2.12. The second-order valence-corrected chi connectivity index (χ2v) is 7.73. The average molecular weight is 452 g/mol. The first kappa shape index (κ1) is 21.5. The molecule has 2 heterocycles. The molecular weight excluding hydrogens is 430 g/mol. The van der Waals surface area contributed by atoms with Crippen LogP contribution in [0.5, 0.6) is 11.5 Å². The van der Waals surface area contributed by atoms with Gasteiger partial charge in [-0.1, -0.05) is 12.1 Å². The lowest BCUT2D eigenvalue weighted by molar-refractivity contribution is -0.145. The van der Waals surface area contributed by atoms with Crippen molar-refractivity contribution in [3.05, 3.63) is 70.0 Å². The van der Waals surface area contributed by atoms with E-state index in [4.69, 9.17) is 14.2 Å². The van der Waals surface area contributed by atoms with Crippen LogP contribution in [-0.4, -0.2) is 35.0 Å². The van der Waals surface area contributed by atoms with Crippen molar-refractivity contribution in [2.75, 3.05) is 14.2 Å². The van der Waals surface area contributed by atoms with Gasteiger partial charge in [0.25, 0.3) is 0 Å². The first-order valence-corrected chi connectivity index (χ1v) is 10.7. The van der Waals surface area contributed by atoms with Crippen molar-refractivity contribution in [3.8, 4) is 22.1 Å². The van der Waals surface area contributed by atoms with Gasteiger partial charge >= 0.3 is 5.97 Å². The molecule has 0 N–H and O–H groups in total. The smallest absolute Gasteiger partial charge is 0.308 e. The molecule has 0 spiro atoms. The molecule has 0 atom stereocenters. The molecule has 164 valence electrons. The van der Waals surface area contributed by atoms with E-state index in [9.17, 15) is 9.59 Å². The van der Waals surface area contributed by atoms with Crippen LogP contribution in [-0.2, 0) is 22.7 Å². The third-order valence-electron chi connectivity index (χ3n) is 4.85. The zero-order valence-electron chi connectivity index (χ0n) is 17.6. The quantitative estimate of drug-likeness (QED) is 0.377. The summed E-state index contributed by atoms with van der Waals surface area (Å²) in [6, 6.07) is 12.8. The number of fused-ring (bicyclic) bond motifs is 1. The topological polar surface area (TPSA) is 92.5 Å². The van der Waals surface area contributed by atoms with Gasteiger partial charge in [-0.25, -0.2) is 4.98 Å². The number of hydrogen-bond donors (Lipinski definition) is 0. The zero-order chi connectivity index (χ0) is 22.5. The number of ether oxygens (including phenoxy) is 3. The van der Waals surface area contributed by atoms with Gasteiger partial charge in [-0.15, -0.1) is 11.3 Å². The molecule has 4 aromatic rings. The van der Waals surface area contributed by atoms with Crippen LogP contribution in [0.2, 0.25) is 0 Å². The number of methoxy groups -OCH3 is 2. The van der Waals surface area contributed by atoms with E-state index in [0.29, 0.717) is 34.6 Å². The summed E-state index contributed by atoms with van der Waals surface area (Å²) in [4.78, 5) is 28.7. The number of nitrogens with zero attached hydrogens (tertiary/aromatic N) is 3. The Balaban J connectivity index is 1.36. The average Bonchev–Trinajstić information content (AvgIpc) is 3.31. The summed E-state index contributed by atoms with van der Waals surface area (Å²) in [7, 11) is 3.17. The number of carbonyl (C=O) groups excluding carboxylic acids is 1. The normalized spacial score (nSPS) is 10.8. The number of rotatable bonds is 8. The summed E-state index contributed by atoms with van der Waals surface area (Å²) in [6.07, 6.45) is 1.39. The monoisotopic (exact) mass is 451 g/mol. The molecule has 32 heavy (non-hydrogen) atoms. The zero-order valence-corrected chi connectivity index (χ0v) is 18.4.